The van der Waals surface area contributed by atoms with E-state index >= 15 is 0 Å². The van der Waals surface area contributed by atoms with Crippen LogP contribution in [0.1, 0.15) is 30.9 Å². The first-order chi connectivity index (χ1) is 10.1. The second-order valence-electron chi connectivity index (χ2n) is 5.27. The third-order valence-electron chi connectivity index (χ3n) is 3.03. The van der Waals surface area contributed by atoms with Crippen molar-refractivity contribution in [3.05, 3.63) is 57.2 Å². The van der Waals surface area contributed by atoms with E-state index in [2.05, 4.69) is 85.8 Å². The van der Waals surface area contributed by atoms with Crippen LogP contribution in [-0.4, -0.2) is 7.25 Å². The van der Waals surface area contributed by atoms with Crippen LogP contribution in [-0.2, 0) is 0 Å². The molecule has 0 aliphatic carbocycles. The van der Waals surface area contributed by atoms with E-state index in [1.807, 2.05) is 0 Å². The van der Waals surface area contributed by atoms with Crippen molar-refractivity contribution in [2.75, 3.05) is 0 Å². The zero-order valence-electron chi connectivity index (χ0n) is 12.6. The summed E-state index contributed by atoms with van der Waals surface area (Å²) in [6.07, 6.45) is 0. The average molecular weight is 424 g/mol. The van der Waals surface area contributed by atoms with Crippen molar-refractivity contribution in [1.82, 2.24) is 0 Å². The number of benzene rings is 2. The van der Waals surface area contributed by atoms with Gasteiger partial charge in [0.1, 0.15) is 0 Å². The molecule has 0 nitrogen and oxygen atoms in total. The summed E-state index contributed by atoms with van der Waals surface area (Å²) in [4.78, 5) is 0. The van der Waals surface area contributed by atoms with Crippen LogP contribution in [0.2, 0.25) is 0 Å². The van der Waals surface area contributed by atoms with Gasteiger partial charge < -0.3 is 17.3 Å². The maximum Gasteiger partial charge on any atom is 0.673 e. The van der Waals surface area contributed by atoms with E-state index in [-0.39, 0.29) is 0 Å². The minimum Gasteiger partial charge on any atom is -0.418 e. The molecule has 0 amide bonds. The quantitative estimate of drug-likeness (QED) is 0.395. The van der Waals surface area contributed by atoms with Crippen molar-refractivity contribution in [3.8, 4) is 11.1 Å². The molecule has 0 aliphatic heterocycles. The standard InChI is InChI=1S/C16H18I.BF4/c1-11(2)14-8-9-16(17)15(10-14)13-6-4-12(3)5-7-13;2-1(3,4)5/h4-11,17H,1-3H3;/q+1;-1. The molecule has 0 spiro atoms. The molecule has 0 atom stereocenters. The fourth-order valence-electron chi connectivity index (χ4n) is 1.87. The Hall–Kier alpha value is -1.05. The molecular formula is C16H18BF4I. The van der Waals surface area contributed by atoms with Crippen LogP contribution in [0.3, 0.4) is 0 Å². The Kier molecular flexibility index (Phi) is 6.90. The van der Waals surface area contributed by atoms with Gasteiger partial charge in [0.25, 0.3) is 22.6 Å². The van der Waals surface area contributed by atoms with Crippen molar-refractivity contribution in [2.24, 2.45) is 0 Å². The second kappa shape index (κ2) is 7.99. The maximum absolute atomic E-state index is 9.75. The molecule has 2 rings (SSSR count). The SMILES string of the molecule is Cc1ccc(-c2cc(C(C)C)ccc2[IH+])cc1.F[B-](F)(F)F. The van der Waals surface area contributed by atoms with Gasteiger partial charge in [0, 0.05) is 5.56 Å². The Labute approximate surface area is 142 Å². The van der Waals surface area contributed by atoms with Crippen molar-refractivity contribution >= 4 is 7.25 Å². The lowest BCUT2D eigenvalue weighted by atomic mass is 9.97. The zero-order chi connectivity index (χ0) is 16.9. The molecule has 6 heteroatoms. The Morgan fingerprint density at radius 1 is 0.909 bits per heavy atom. The molecule has 0 fully saturated rings. The van der Waals surface area contributed by atoms with Gasteiger partial charge in [-0.3, -0.25) is 0 Å². The van der Waals surface area contributed by atoms with Gasteiger partial charge in [-0.1, -0.05) is 49.7 Å². The van der Waals surface area contributed by atoms with E-state index in [1.165, 1.54) is 25.8 Å². The summed E-state index contributed by atoms with van der Waals surface area (Å²) in [5.74, 6) is 0.584. The number of halogens is 5. The van der Waals surface area contributed by atoms with E-state index in [1.54, 1.807) is 0 Å². The molecule has 0 bridgehead atoms. The number of hydrogen-bond acceptors (Lipinski definition) is 0. The van der Waals surface area contributed by atoms with Crippen LogP contribution in [0.15, 0.2) is 42.5 Å². The highest BCUT2D eigenvalue weighted by Crippen LogP contribution is 2.24. The van der Waals surface area contributed by atoms with E-state index in [4.69, 9.17) is 0 Å². The summed E-state index contributed by atoms with van der Waals surface area (Å²) in [6, 6.07) is 15.6. The number of rotatable bonds is 2. The molecule has 0 unspecified atom stereocenters. The molecular weight excluding hydrogens is 406 g/mol. The highest BCUT2D eigenvalue weighted by molar-refractivity contribution is 6.50. The molecule has 0 radical (unpaired) electrons. The Morgan fingerprint density at radius 3 is 1.86 bits per heavy atom. The lowest BCUT2D eigenvalue weighted by Crippen LogP contribution is -3.34. The van der Waals surface area contributed by atoms with Gasteiger partial charge in [0.05, 0.1) is 0 Å². The van der Waals surface area contributed by atoms with Crippen molar-refractivity contribution in [2.45, 2.75) is 26.7 Å². The van der Waals surface area contributed by atoms with Crippen LogP contribution in [0, 0.1) is 10.5 Å². The van der Waals surface area contributed by atoms with Gasteiger partial charge in [0.2, 0.25) is 0 Å². The summed E-state index contributed by atoms with van der Waals surface area (Å²) >= 11 is 2.10. The Bertz CT molecular complexity index is 601. The summed E-state index contributed by atoms with van der Waals surface area (Å²) in [5, 5.41) is 0. The number of hydrogen-bond donors (Lipinski definition) is 0. The molecule has 0 saturated heterocycles. The molecule has 120 valence electrons. The van der Waals surface area contributed by atoms with Gasteiger partial charge in [-0.15, -0.1) is 0 Å². The summed E-state index contributed by atoms with van der Waals surface area (Å²) in [7, 11) is -6.00. The summed E-state index contributed by atoms with van der Waals surface area (Å²) < 4.78 is 40.4. The molecule has 2 aromatic carbocycles. The van der Waals surface area contributed by atoms with Gasteiger partial charge >= 0.3 is 7.25 Å². The summed E-state index contributed by atoms with van der Waals surface area (Å²) in [5.41, 5.74) is 5.40. The second-order valence-corrected chi connectivity index (χ2v) is 6.53. The Balaban J connectivity index is 0.000000422. The first-order valence-electron chi connectivity index (χ1n) is 6.83. The number of aryl methyl sites for hydroxylation is 1. The van der Waals surface area contributed by atoms with E-state index in [0.29, 0.717) is 5.92 Å². The molecule has 0 saturated carbocycles. The monoisotopic (exact) mass is 424 g/mol. The Morgan fingerprint density at radius 2 is 1.41 bits per heavy atom. The van der Waals surface area contributed by atoms with Crippen molar-refractivity contribution in [3.63, 3.8) is 0 Å². The molecule has 2 aromatic rings. The molecule has 22 heavy (non-hydrogen) atoms. The van der Waals surface area contributed by atoms with Gasteiger partial charge in [-0.2, -0.15) is 0 Å². The fourth-order valence-corrected chi connectivity index (χ4v) is 2.56. The van der Waals surface area contributed by atoms with E-state index in [0.717, 1.165) is 0 Å². The minimum absolute atomic E-state index is 0.584. The van der Waals surface area contributed by atoms with E-state index in [9.17, 15) is 17.3 Å². The predicted molar refractivity (Wildman–Crippen MR) is 81.0 cm³/mol. The van der Waals surface area contributed by atoms with Crippen LogP contribution in [0.25, 0.3) is 11.1 Å². The van der Waals surface area contributed by atoms with Crippen LogP contribution < -0.4 is 22.6 Å². The first kappa shape index (κ1) is 19.0. The van der Waals surface area contributed by atoms with Crippen LogP contribution in [0.4, 0.5) is 17.3 Å². The lowest BCUT2D eigenvalue weighted by Gasteiger charge is -2.08. The van der Waals surface area contributed by atoms with Gasteiger partial charge in [-0.05, 0) is 36.1 Å². The fraction of sp³-hybridized carbons (Fsp3) is 0.250. The van der Waals surface area contributed by atoms with Crippen molar-refractivity contribution < 1.29 is 39.9 Å². The van der Waals surface area contributed by atoms with Gasteiger partial charge in [0.15, 0.2) is 3.57 Å². The van der Waals surface area contributed by atoms with Gasteiger partial charge in [-0.25, -0.2) is 0 Å². The maximum atomic E-state index is 9.75. The average Bonchev–Trinajstić information content (AvgIpc) is 2.38. The lowest BCUT2D eigenvalue weighted by molar-refractivity contribution is -0.326. The van der Waals surface area contributed by atoms with Crippen molar-refractivity contribution in [1.29, 1.82) is 0 Å². The predicted octanol–water partition coefficient (Wildman–Crippen LogP) is 2.54. The highest BCUT2D eigenvalue weighted by Gasteiger charge is 2.20. The minimum atomic E-state index is -6.00. The normalized spacial score (nSPS) is 11.1. The van der Waals surface area contributed by atoms with Crippen LogP contribution >= 0.6 is 0 Å². The molecule has 0 aromatic heterocycles. The molecule has 0 aliphatic rings. The highest BCUT2D eigenvalue weighted by atomic mass is 127. The third-order valence-corrected chi connectivity index (χ3v) is 4.05. The smallest absolute Gasteiger partial charge is 0.418 e. The van der Waals surface area contributed by atoms with E-state index < -0.39 is 7.25 Å². The topological polar surface area (TPSA) is 0 Å². The molecule has 0 N–H and O–H groups in total. The molecule has 0 heterocycles. The largest absolute Gasteiger partial charge is 0.673 e. The first-order valence-corrected chi connectivity index (χ1v) is 7.99. The third kappa shape index (κ3) is 6.81. The zero-order valence-corrected chi connectivity index (χ0v) is 14.9. The van der Waals surface area contributed by atoms with Crippen LogP contribution in [0.5, 0.6) is 0 Å². The summed E-state index contributed by atoms with van der Waals surface area (Å²) in [6.45, 7) is 6.61.